The van der Waals surface area contributed by atoms with Gasteiger partial charge in [0.05, 0.1) is 6.61 Å². The fourth-order valence-electron chi connectivity index (χ4n) is 2.57. The fourth-order valence-corrected chi connectivity index (χ4v) is 2.57. The molecule has 4 heteroatoms. The van der Waals surface area contributed by atoms with E-state index in [9.17, 15) is 4.79 Å². The summed E-state index contributed by atoms with van der Waals surface area (Å²) in [7, 11) is 1.73. The van der Waals surface area contributed by atoms with E-state index < -0.39 is 0 Å². The van der Waals surface area contributed by atoms with Gasteiger partial charge in [0.25, 0.3) is 0 Å². The summed E-state index contributed by atoms with van der Waals surface area (Å²) in [6.45, 7) is 9.86. The molecule has 1 aliphatic rings. The first-order chi connectivity index (χ1) is 8.10. The van der Waals surface area contributed by atoms with Crippen LogP contribution in [0, 0.1) is 0 Å². The summed E-state index contributed by atoms with van der Waals surface area (Å²) in [5.41, 5.74) is 0. The molecule has 0 aromatic rings. The van der Waals surface area contributed by atoms with E-state index in [1.54, 1.807) is 7.11 Å². The lowest BCUT2D eigenvalue weighted by Crippen LogP contribution is -2.58. The molecule has 1 aliphatic heterocycles. The summed E-state index contributed by atoms with van der Waals surface area (Å²) in [5.74, 6) is 0.303. The normalized spacial score (nSPS) is 26.2. The highest BCUT2D eigenvalue weighted by atomic mass is 16.5. The first-order valence-corrected chi connectivity index (χ1v) is 6.62. The van der Waals surface area contributed by atoms with Gasteiger partial charge in [0.15, 0.2) is 0 Å². The molecular formula is C13H26N2O2. The summed E-state index contributed by atoms with van der Waals surface area (Å²) in [4.78, 5) is 16.3. The molecule has 1 fully saturated rings. The standard InChI is InChI=1S/C13H26N2O2/c1-5-6-13(16)14-9-11(2)15(7-8-17-4)12(3)10-14/h11-12H,5-10H2,1-4H3. The number of amides is 1. The van der Waals surface area contributed by atoms with Gasteiger partial charge < -0.3 is 9.64 Å². The van der Waals surface area contributed by atoms with E-state index in [2.05, 4.69) is 25.7 Å². The quantitative estimate of drug-likeness (QED) is 0.729. The van der Waals surface area contributed by atoms with Gasteiger partial charge in [-0.05, 0) is 20.3 Å². The molecule has 0 radical (unpaired) electrons. The Labute approximate surface area is 105 Å². The van der Waals surface area contributed by atoms with Gasteiger partial charge in [-0.15, -0.1) is 0 Å². The lowest BCUT2D eigenvalue weighted by molar-refractivity contribution is -0.135. The number of nitrogens with zero attached hydrogens (tertiary/aromatic N) is 2. The zero-order valence-electron chi connectivity index (χ0n) is 11.6. The van der Waals surface area contributed by atoms with Crippen LogP contribution in [-0.2, 0) is 9.53 Å². The van der Waals surface area contributed by atoms with E-state index in [0.29, 0.717) is 24.4 Å². The SMILES string of the molecule is CCCC(=O)N1CC(C)N(CCOC)C(C)C1. The number of carbonyl (C=O) groups excluding carboxylic acids is 1. The van der Waals surface area contributed by atoms with Gasteiger partial charge in [-0.25, -0.2) is 0 Å². The second-order valence-electron chi connectivity index (χ2n) is 4.98. The molecule has 1 heterocycles. The molecule has 2 atom stereocenters. The smallest absolute Gasteiger partial charge is 0.222 e. The van der Waals surface area contributed by atoms with E-state index >= 15 is 0 Å². The highest BCUT2D eigenvalue weighted by Gasteiger charge is 2.30. The number of piperazine rings is 1. The highest BCUT2D eigenvalue weighted by molar-refractivity contribution is 5.76. The summed E-state index contributed by atoms with van der Waals surface area (Å²) in [6.07, 6.45) is 1.61. The number of ether oxygens (including phenoxy) is 1. The minimum absolute atomic E-state index is 0.303. The second-order valence-corrected chi connectivity index (χ2v) is 4.98. The van der Waals surface area contributed by atoms with Crippen molar-refractivity contribution in [2.45, 2.75) is 45.7 Å². The Balaban J connectivity index is 2.51. The van der Waals surface area contributed by atoms with Gasteiger partial charge in [0.2, 0.25) is 5.91 Å². The van der Waals surface area contributed by atoms with E-state index in [1.165, 1.54) is 0 Å². The minimum atomic E-state index is 0.303. The summed E-state index contributed by atoms with van der Waals surface area (Å²) in [5, 5.41) is 0. The Hall–Kier alpha value is -0.610. The highest BCUT2D eigenvalue weighted by Crippen LogP contribution is 2.16. The monoisotopic (exact) mass is 242 g/mol. The number of rotatable bonds is 5. The Morgan fingerprint density at radius 3 is 2.35 bits per heavy atom. The van der Waals surface area contributed by atoms with Crippen molar-refractivity contribution in [3.8, 4) is 0 Å². The van der Waals surface area contributed by atoms with Gasteiger partial charge in [-0.3, -0.25) is 9.69 Å². The number of hydrogen-bond acceptors (Lipinski definition) is 3. The zero-order chi connectivity index (χ0) is 12.8. The third kappa shape index (κ3) is 3.96. The van der Waals surface area contributed by atoms with Crippen molar-refractivity contribution in [2.75, 3.05) is 33.4 Å². The minimum Gasteiger partial charge on any atom is -0.383 e. The molecule has 100 valence electrons. The van der Waals surface area contributed by atoms with Gasteiger partial charge in [0, 0.05) is 45.2 Å². The van der Waals surface area contributed by atoms with Crippen molar-refractivity contribution in [3.63, 3.8) is 0 Å². The lowest BCUT2D eigenvalue weighted by Gasteiger charge is -2.44. The van der Waals surface area contributed by atoms with Crippen LogP contribution in [0.5, 0.6) is 0 Å². The number of carbonyl (C=O) groups is 1. The van der Waals surface area contributed by atoms with Crippen LogP contribution in [0.15, 0.2) is 0 Å². The molecule has 2 unspecified atom stereocenters. The maximum Gasteiger partial charge on any atom is 0.222 e. The van der Waals surface area contributed by atoms with Crippen LogP contribution in [0.25, 0.3) is 0 Å². The molecule has 1 saturated heterocycles. The molecule has 4 nitrogen and oxygen atoms in total. The van der Waals surface area contributed by atoms with Gasteiger partial charge in [0.1, 0.15) is 0 Å². The molecule has 0 aromatic carbocycles. The first-order valence-electron chi connectivity index (χ1n) is 6.62. The van der Waals surface area contributed by atoms with E-state index in [1.807, 2.05) is 4.90 Å². The molecule has 17 heavy (non-hydrogen) atoms. The van der Waals surface area contributed by atoms with Crippen LogP contribution < -0.4 is 0 Å². The summed E-state index contributed by atoms with van der Waals surface area (Å²) >= 11 is 0. The maximum atomic E-state index is 11.9. The topological polar surface area (TPSA) is 32.8 Å². The van der Waals surface area contributed by atoms with Crippen molar-refractivity contribution in [1.82, 2.24) is 9.80 Å². The molecule has 1 amide bonds. The summed E-state index contributed by atoms with van der Waals surface area (Å²) in [6, 6.07) is 0.851. The Bertz CT molecular complexity index is 234. The van der Waals surface area contributed by atoms with Crippen molar-refractivity contribution < 1.29 is 9.53 Å². The predicted molar refractivity (Wildman–Crippen MR) is 69.0 cm³/mol. The Kier molecular flexibility index (Phi) is 5.92. The maximum absolute atomic E-state index is 11.9. The van der Waals surface area contributed by atoms with Crippen LogP contribution in [0.3, 0.4) is 0 Å². The van der Waals surface area contributed by atoms with E-state index in [-0.39, 0.29) is 0 Å². The largest absolute Gasteiger partial charge is 0.383 e. The van der Waals surface area contributed by atoms with Crippen molar-refractivity contribution in [2.24, 2.45) is 0 Å². The molecule has 0 spiro atoms. The number of hydrogen-bond donors (Lipinski definition) is 0. The Morgan fingerprint density at radius 2 is 1.88 bits per heavy atom. The van der Waals surface area contributed by atoms with Gasteiger partial charge in [-0.2, -0.15) is 0 Å². The average Bonchev–Trinajstić information content (AvgIpc) is 2.28. The average molecular weight is 242 g/mol. The van der Waals surface area contributed by atoms with Crippen LogP contribution in [0.2, 0.25) is 0 Å². The molecular weight excluding hydrogens is 216 g/mol. The Morgan fingerprint density at radius 1 is 1.29 bits per heavy atom. The molecule has 0 aliphatic carbocycles. The van der Waals surface area contributed by atoms with Gasteiger partial charge in [-0.1, -0.05) is 6.92 Å². The van der Waals surface area contributed by atoms with E-state index in [4.69, 9.17) is 4.74 Å². The van der Waals surface area contributed by atoms with Crippen LogP contribution in [-0.4, -0.2) is 61.1 Å². The molecule has 0 N–H and O–H groups in total. The molecule has 0 aromatic heterocycles. The third-order valence-electron chi connectivity index (χ3n) is 3.47. The predicted octanol–water partition coefficient (Wildman–Crippen LogP) is 1.35. The van der Waals surface area contributed by atoms with Crippen molar-refractivity contribution in [1.29, 1.82) is 0 Å². The first kappa shape index (κ1) is 14.5. The third-order valence-corrected chi connectivity index (χ3v) is 3.47. The molecule has 1 rings (SSSR count). The zero-order valence-corrected chi connectivity index (χ0v) is 11.6. The van der Waals surface area contributed by atoms with E-state index in [0.717, 1.165) is 32.7 Å². The second kappa shape index (κ2) is 6.97. The molecule has 0 bridgehead atoms. The molecule has 0 saturated carbocycles. The van der Waals surface area contributed by atoms with Crippen LogP contribution >= 0.6 is 0 Å². The summed E-state index contributed by atoms with van der Waals surface area (Å²) < 4.78 is 5.13. The van der Waals surface area contributed by atoms with Crippen LogP contribution in [0.4, 0.5) is 0 Å². The van der Waals surface area contributed by atoms with Crippen molar-refractivity contribution in [3.05, 3.63) is 0 Å². The number of methoxy groups -OCH3 is 1. The fraction of sp³-hybridized carbons (Fsp3) is 0.923. The van der Waals surface area contributed by atoms with Crippen molar-refractivity contribution >= 4 is 5.91 Å². The van der Waals surface area contributed by atoms with Crippen LogP contribution in [0.1, 0.15) is 33.6 Å². The lowest BCUT2D eigenvalue weighted by atomic mass is 10.1. The van der Waals surface area contributed by atoms with Gasteiger partial charge >= 0.3 is 0 Å².